The molecule has 0 bridgehead atoms. The van der Waals surface area contributed by atoms with Crippen LogP contribution in [-0.4, -0.2) is 154 Å². The zero-order chi connectivity index (χ0) is 36.5. The fourth-order valence-corrected chi connectivity index (χ4v) is 6.71. The Labute approximate surface area is 298 Å². The summed E-state index contributed by atoms with van der Waals surface area (Å²) in [6, 6.07) is 14.5. The number of benzene rings is 2. The van der Waals surface area contributed by atoms with Gasteiger partial charge in [0.1, 0.15) is 11.7 Å². The van der Waals surface area contributed by atoms with Gasteiger partial charge in [0.25, 0.3) is 0 Å². The topological polar surface area (TPSA) is 168 Å². The van der Waals surface area contributed by atoms with Crippen LogP contribution < -0.4 is 10.2 Å². The van der Waals surface area contributed by atoms with E-state index in [1.165, 1.54) is 0 Å². The molecule has 1 atom stereocenters. The molecule has 0 spiro atoms. The fraction of sp³-hybridized carbons (Fsp3) is 0.500. The summed E-state index contributed by atoms with van der Waals surface area (Å²) >= 11 is 0. The summed E-state index contributed by atoms with van der Waals surface area (Å²) in [5, 5.41) is 31.2. The highest BCUT2D eigenvalue weighted by Crippen LogP contribution is 2.40. The molecular formula is C36H49N9O6. The van der Waals surface area contributed by atoms with Crippen LogP contribution in [0, 0.1) is 0 Å². The Morgan fingerprint density at radius 2 is 1.43 bits per heavy atom. The van der Waals surface area contributed by atoms with E-state index in [-0.39, 0.29) is 44.2 Å². The zero-order valence-electron chi connectivity index (χ0n) is 29.7. The number of carbonyl (C=O) groups excluding carboxylic acids is 2. The summed E-state index contributed by atoms with van der Waals surface area (Å²) in [6.45, 7) is 4.99. The Morgan fingerprint density at radius 3 is 2.16 bits per heavy atom. The lowest BCUT2D eigenvalue weighted by molar-refractivity contribution is -0.144. The number of nitrogens with zero attached hydrogens (tertiary/aromatic N) is 8. The van der Waals surface area contributed by atoms with Crippen molar-refractivity contribution in [2.75, 3.05) is 84.4 Å². The first kappa shape index (κ1) is 37.6. The third-order valence-electron chi connectivity index (χ3n) is 9.70. The summed E-state index contributed by atoms with van der Waals surface area (Å²) in [5.74, 6) is -2.46. The number of anilines is 1. The van der Waals surface area contributed by atoms with E-state index >= 15 is 0 Å². The van der Waals surface area contributed by atoms with Gasteiger partial charge in [-0.1, -0.05) is 47.7 Å². The first-order valence-electron chi connectivity index (χ1n) is 17.4. The van der Waals surface area contributed by atoms with E-state index in [0.29, 0.717) is 57.2 Å². The SMILES string of the molecule is CN1CCN(C)CCN(C(CCC(=O)NCCC(=O)N2Cc3ccccc3-c3c(nnn3C)-c3ccccc32)C(=O)O)CCN(CC(=O)O)CC1. The fourth-order valence-electron chi connectivity index (χ4n) is 6.71. The van der Waals surface area contributed by atoms with Crippen LogP contribution in [0.3, 0.4) is 0 Å². The van der Waals surface area contributed by atoms with Crippen molar-refractivity contribution in [1.29, 1.82) is 0 Å². The second-order valence-electron chi connectivity index (χ2n) is 13.4. The lowest BCUT2D eigenvalue weighted by atomic mass is 9.95. The minimum Gasteiger partial charge on any atom is -0.480 e. The van der Waals surface area contributed by atoms with Crippen LogP contribution in [0.4, 0.5) is 5.69 Å². The maximum absolute atomic E-state index is 13.8. The Kier molecular flexibility index (Phi) is 12.9. The second kappa shape index (κ2) is 17.5. The van der Waals surface area contributed by atoms with Crippen molar-refractivity contribution < 1.29 is 29.4 Å². The van der Waals surface area contributed by atoms with Crippen molar-refractivity contribution in [1.82, 2.24) is 39.9 Å². The largest absolute Gasteiger partial charge is 0.480 e. The van der Waals surface area contributed by atoms with Crippen LogP contribution in [0.1, 0.15) is 24.8 Å². The standard InChI is InChI=1S/C36H49N9O6/c1-40-16-17-41(2)19-22-44(23-21-43(20-18-40)25-33(48)49)30(36(50)51)12-13-31(46)37-15-14-32(47)45-24-26-8-4-5-9-27(26)35-34(38-39-42(35)3)28-10-6-7-11-29(28)45/h4-11,30H,12-25H2,1-3H3,(H,37,46)(H,48,49)(H,50,51). The first-order chi connectivity index (χ1) is 24.5. The summed E-state index contributed by atoms with van der Waals surface area (Å²) in [4.78, 5) is 60.6. The smallest absolute Gasteiger partial charge is 0.320 e. The number of aromatic nitrogens is 3. The number of amides is 2. The normalized spacial score (nSPS) is 17.4. The van der Waals surface area contributed by atoms with Gasteiger partial charge in [0.15, 0.2) is 0 Å². The molecule has 1 saturated heterocycles. The number of hydrogen-bond donors (Lipinski definition) is 3. The number of carbonyl (C=O) groups is 4. The van der Waals surface area contributed by atoms with Crippen LogP contribution in [-0.2, 0) is 32.8 Å². The molecule has 2 aromatic carbocycles. The van der Waals surface area contributed by atoms with Crippen molar-refractivity contribution in [2.45, 2.75) is 31.8 Å². The number of aryl methyl sites for hydroxylation is 1. The molecule has 2 aliphatic heterocycles. The van der Waals surface area contributed by atoms with E-state index in [0.717, 1.165) is 35.5 Å². The lowest BCUT2D eigenvalue weighted by Gasteiger charge is -2.34. The summed E-state index contributed by atoms with van der Waals surface area (Å²) < 4.78 is 1.75. The van der Waals surface area contributed by atoms with Gasteiger partial charge in [0.05, 0.1) is 24.5 Å². The molecule has 274 valence electrons. The van der Waals surface area contributed by atoms with E-state index < -0.39 is 18.0 Å². The molecule has 3 aromatic rings. The number of carboxylic acid groups (broad SMARTS) is 2. The van der Waals surface area contributed by atoms with Crippen molar-refractivity contribution in [2.24, 2.45) is 7.05 Å². The number of likely N-dealkylation sites (N-methyl/N-ethyl adjacent to an activating group) is 2. The average molecular weight is 704 g/mol. The predicted molar refractivity (Wildman–Crippen MR) is 192 cm³/mol. The van der Waals surface area contributed by atoms with Crippen LogP contribution >= 0.6 is 0 Å². The molecule has 1 aromatic heterocycles. The minimum absolute atomic E-state index is 0.0312. The molecule has 3 N–H and O–H groups in total. The highest BCUT2D eigenvalue weighted by molar-refractivity contribution is 6.00. The first-order valence-corrected chi connectivity index (χ1v) is 17.4. The number of hydrogen-bond acceptors (Lipinski definition) is 10. The van der Waals surface area contributed by atoms with Crippen LogP contribution in [0.25, 0.3) is 22.5 Å². The number of rotatable bonds is 10. The molecule has 15 heteroatoms. The molecule has 1 fully saturated rings. The third-order valence-corrected chi connectivity index (χ3v) is 9.70. The number of nitrogens with one attached hydrogen (secondary N) is 1. The molecule has 0 radical (unpaired) electrons. The van der Waals surface area contributed by atoms with E-state index in [1.54, 1.807) is 9.58 Å². The van der Waals surface area contributed by atoms with E-state index in [4.69, 9.17) is 0 Å². The van der Waals surface area contributed by atoms with E-state index in [2.05, 4.69) is 25.4 Å². The van der Waals surface area contributed by atoms with Crippen molar-refractivity contribution in [3.8, 4) is 22.5 Å². The third kappa shape index (κ3) is 9.76. The molecular weight excluding hydrogens is 654 g/mol. The molecule has 15 nitrogen and oxygen atoms in total. The number of para-hydroxylation sites is 1. The highest BCUT2D eigenvalue weighted by atomic mass is 16.4. The van der Waals surface area contributed by atoms with Crippen LogP contribution in [0.2, 0.25) is 0 Å². The predicted octanol–water partition coefficient (Wildman–Crippen LogP) is 1.30. The Hall–Kier alpha value is -4.70. The molecule has 51 heavy (non-hydrogen) atoms. The van der Waals surface area contributed by atoms with Gasteiger partial charge < -0.3 is 30.2 Å². The molecule has 2 amide bonds. The van der Waals surface area contributed by atoms with E-state index in [9.17, 15) is 29.4 Å². The van der Waals surface area contributed by atoms with Gasteiger partial charge in [-0.3, -0.25) is 29.0 Å². The number of fused-ring (bicyclic) bond motifs is 5. The van der Waals surface area contributed by atoms with Crippen LogP contribution in [0.5, 0.6) is 0 Å². The average Bonchev–Trinajstić information content (AvgIpc) is 3.47. The molecule has 3 heterocycles. The van der Waals surface area contributed by atoms with Gasteiger partial charge in [-0.2, -0.15) is 0 Å². The van der Waals surface area contributed by atoms with E-state index in [1.807, 2.05) is 79.5 Å². The van der Waals surface area contributed by atoms with Gasteiger partial charge in [0, 0.05) is 89.9 Å². The summed E-state index contributed by atoms with van der Waals surface area (Å²) in [5.41, 5.74) is 4.95. The minimum atomic E-state index is -1.03. The van der Waals surface area contributed by atoms with Crippen molar-refractivity contribution in [3.63, 3.8) is 0 Å². The monoisotopic (exact) mass is 703 g/mol. The molecule has 1 unspecified atom stereocenters. The van der Waals surface area contributed by atoms with Crippen molar-refractivity contribution in [3.05, 3.63) is 54.1 Å². The molecule has 0 saturated carbocycles. The second-order valence-corrected chi connectivity index (χ2v) is 13.4. The quantitative estimate of drug-likeness (QED) is 0.278. The molecule has 0 aliphatic carbocycles. The Balaban J connectivity index is 1.21. The van der Waals surface area contributed by atoms with Gasteiger partial charge in [-0.15, -0.1) is 5.10 Å². The highest BCUT2D eigenvalue weighted by Gasteiger charge is 2.30. The van der Waals surface area contributed by atoms with Gasteiger partial charge in [0.2, 0.25) is 11.8 Å². The van der Waals surface area contributed by atoms with Gasteiger partial charge >= 0.3 is 11.9 Å². The maximum atomic E-state index is 13.8. The molecule has 2 aliphatic rings. The molecule has 5 rings (SSSR count). The summed E-state index contributed by atoms with van der Waals surface area (Å²) in [6.07, 6.45) is 0.0960. The maximum Gasteiger partial charge on any atom is 0.320 e. The van der Waals surface area contributed by atoms with Gasteiger partial charge in [-0.25, -0.2) is 4.68 Å². The number of carboxylic acids is 2. The van der Waals surface area contributed by atoms with Gasteiger partial charge in [-0.05, 0) is 32.1 Å². The van der Waals surface area contributed by atoms with Crippen LogP contribution in [0.15, 0.2) is 48.5 Å². The Morgan fingerprint density at radius 1 is 0.804 bits per heavy atom. The van der Waals surface area contributed by atoms with Crippen molar-refractivity contribution >= 4 is 29.4 Å². The zero-order valence-corrected chi connectivity index (χ0v) is 29.7. The Bertz CT molecular complexity index is 1700. The number of aliphatic carboxylic acids is 2. The lowest BCUT2D eigenvalue weighted by Crippen LogP contribution is -2.50. The summed E-state index contributed by atoms with van der Waals surface area (Å²) in [7, 11) is 5.86.